The third kappa shape index (κ3) is 4.11. The van der Waals surface area contributed by atoms with Gasteiger partial charge in [0.05, 0.1) is 11.1 Å². The summed E-state index contributed by atoms with van der Waals surface area (Å²) in [5, 5.41) is 0. The largest absolute Gasteiger partial charge is 0.332 e. The van der Waals surface area contributed by atoms with Gasteiger partial charge in [-0.1, -0.05) is 13.2 Å². The van der Waals surface area contributed by atoms with Gasteiger partial charge in [0.2, 0.25) is 11.8 Å². The summed E-state index contributed by atoms with van der Waals surface area (Å²) in [5.41, 5.74) is -4.39. The van der Waals surface area contributed by atoms with Gasteiger partial charge in [-0.05, 0) is 24.0 Å². The van der Waals surface area contributed by atoms with E-state index in [0.717, 1.165) is 28.1 Å². The van der Waals surface area contributed by atoms with Crippen LogP contribution >= 0.6 is 0 Å². The lowest BCUT2D eigenvalue weighted by Gasteiger charge is -2.42. The Kier molecular flexibility index (Phi) is 6.69. The maximum atomic E-state index is 13.6. The molecule has 0 N–H and O–H groups in total. The minimum Gasteiger partial charge on any atom is -0.303 e. The molecular formula is C24H28N6O7. The Morgan fingerprint density at radius 3 is 1.30 bits per heavy atom. The lowest BCUT2D eigenvalue weighted by Crippen LogP contribution is -2.63. The fourth-order valence-corrected chi connectivity index (χ4v) is 4.52. The molecule has 0 saturated carbocycles. The summed E-state index contributed by atoms with van der Waals surface area (Å²) < 4.78 is 4.06. The van der Waals surface area contributed by atoms with Crippen molar-refractivity contribution in [2.24, 2.45) is 33.6 Å². The Balaban J connectivity index is 2.20. The molecule has 0 spiro atoms. The number of hydrogen-bond acceptors (Lipinski definition) is 7. The highest BCUT2D eigenvalue weighted by Crippen LogP contribution is 2.42. The van der Waals surface area contributed by atoms with Gasteiger partial charge in [0.25, 0.3) is 11.1 Å². The van der Waals surface area contributed by atoms with Gasteiger partial charge in [0, 0.05) is 54.7 Å². The maximum Gasteiger partial charge on any atom is 0.332 e. The second-order valence-electron chi connectivity index (χ2n) is 9.25. The summed E-state index contributed by atoms with van der Waals surface area (Å²) in [7, 11) is 7.86. The summed E-state index contributed by atoms with van der Waals surface area (Å²) in [6.07, 6.45) is 1.69. The zero-order valence-electron chi connectivity index (χ0n) is 21.5. The number of amides is 4. The van der Waals surface area contributed by atoms with Crippen molar-refractivity contribution in [3.63, 3.8) is 0 Å². The molecule has 0 radical (unpaired) electrons. The molecule has 0 aliphatic carbocycles. The molecule has 1 saturated heterocycles. The second-order valence-corrected chi connectivity index (χ2v) is 9.25. The van der Waals surface area contributed by atoms with E-state index >= 15 is 0 Å². The molecule has 3 heterocycles. The molecule has 2 aromatic rings. The van der Waals surface area contributed by atoms with Crippen LogP contribution in [-0.2, 0) is 37.8 Å². The first-order valence-electron chi connectivity index (χ1n) is 11.1. The van der Waals surface area contributed by atoms with Crippen molar-refractivity contribution in [1.29, 1.82) is 0 Å². The average Bonchev–Trinajstić information content (AvgIpc) is 2.86. The van der Waals surface area contributed by atoms with Crippen LogP contribution in [-0.4, -0.2) is 60.0 Å². The van der Waals surface area contributed by atoms with Crippen LogP contribution < -0.4 is 22.5 Å². The predicted molar refractivity (Wildman–Crippen MR) is 135 cm³/mol. The van der Waals surface area contributed by atoms with Crippen molar-refractivity contribution in [1.82, 2.24) is 28.1 Å². The Bertz CT molecular complexity index is 1510. The first-order chi connectivity index (χ1) is 17.1. The fourth-order valence-electron chi connectivity index (χ4n) is 4.52. The minimum atomic E-state index is -2.00. The van der Waals surface area contributed by atoms with Crippen LogP contribution in [0.25, 0.3) is 11.1 Å². The molecule has 3 rings (SSSR count). The van der Waals surface area contributed by atoms with Gasteiger partial charge in [-0.15, -0.1) is 0 Å². The molecule has 0 bridgehead atoms. The van der Waals surface area contributed by atoms with E-state index in [9.17, 15) is 33.6 Å². The topological polar surface area (TPSA) is 146 Å². The number of rotatable bonds is 6. The Hall–Kier alpha value is -4.55. The molecule has 0 aromatic carbocycles. The Morgan fingerprint density at radius 1 is 0.649 bits per heavy atom. The van der Waals surface area contributed by atoms with Crippen LogP contribution in [0.2, 0.25) is 0 Å². The summed E-state index contributed by atoms with van der Waals surface area (Å²) in [4.78, 5) is 91.1. The number of aryl methyl sites for hydroxylation is 2. The van der Waals surface area contributed by atoms with Crippen LogP contribution in [0.3, 0.4) is 0 Å². The third-order valence-electron chi connectivity index (χ3n) is 6.69. The molecule has 1 fully saturated rings. The monoisotopic (exact) mass is 512 g/mol. The standard InChI is InChI=1S/C24H28N6O7/c1-13(15-11-25(3)21(35)27(5)17(15)31)9-24(19(33)29(7)23(37)30(8)20(24)34)10-14(2)16-12-26(4)22(36)28(6)18(16)32/h11-12H,1-2,9-10H2,3-8H3. The van der Waals surface area contributed by atoms with Crippen molar-refractivity contribution in [3.8, 4) is 0 Å². The first kappa shape index (κ1) is 27.0. The van der Waals surface area contributed by atoms with Crippen molar-refractivity contribution in [3.05, 3.63) is 78.4 Å². The normalized spacial score (nSPS) is 15.4. The molecule has 1 aliphatic heterocycles. The van der Waals surface area contributed by atoms with Crippen molar-refractivity contribution >= 4 is 29.0 Å². The highest BCUT2D eigenvalue weighted by atomic mass is 16.2. The number of aromatic nitrogens is 4. The van der Waals surface area contributed by atoms with Crippen molar-refractivity contribution < 1.29 is 14.4 Å². The molecule has 0 atom stereocenters. The van der Waals surface area contributed by atoms with Gasteiger partial charge in [-0.25, -0.2) is 14.4 Å². The number of allylic oxidation sites excluding steroid dienone is 2. The van der Waals surface area contributed by atoms with E-state index < -0.39 is 58.6 Å². The number of urea groups is 1. The van der Waals surface area contributed by atoms with Gasteiger partial charge < -0.3 is 9.13 Å². The zero-order valence-corrected chi connectivity index (χ0v) is 21.5. The summed E-state index contributed by atoms with van der Waals surface area (Å²) in [6, 6.07) is -0.849. The molecule has 13 heteroatoms. The molecule has 37 heavy (non-hydrogen) atoms. The average molecular weight is 513 g/mol. The Labute approximate surface area is 210 Å². The molecule has 2 aromatic heterocycles. The number of nitrogens with zero attached hydrogens (tertiary/aromatic N) is 6. The summed E-state index contributed by atoms with van der Waals surface area (Å²) in [6.45, 7) is 7.83. The fraction of sp³-hybridized carbons (Fsp3) is 0.375. The van der Waals surface area contributed by atoms with Gasteiger partial charge in [-0.3, -0.25) is 38.1 Å². The van der Waals surface area contributed by atoms with E-state index in [1.165, 1.54) is 54.7 Å². The maximum absolute atomic E-state index is 13.6. The van der Waals surface area contributed by atoms with Crippen LogP contribution in [0.5, 0.6) is 0 Å². The number of barbiturate groups is 1. The number of imide groups is 2. The molecule has 13 nitrogen and oxygen atoms in total. The van der Waals surface area contributed by atoms with Crippen molar-refractivity contribution in [2.45, 2.75) is 12.8 Å². The SMILES string of the molecule is C=C(CC1(CC(=C)c2cn(C)c(=O)n(C)c2=O)C(=O)N(C)C(=O)N(C)C1=O)c1cn(C)c(=O)n(C)c1=O. The van der Waals surface area contributed by atoms with E-state index in [1.54, 1.807) is 0 Å². The first-order valence-corrected chi connectivity index (χ1v) is 11.1. The molecule has 0 unspecified atom stereocenters. The Morgan fingerprint density at radius 2 is 0.973 bits per heavy atom. The minimum absolute atomic E-state index is 0.00425. The van der Waals surface area contributed by atoms with Crippen LogP contribution in [0.15, 0.2) is 44.7 Å². The lowest BCUT2D eigenvalue weighted by atomic mass is 9.71. The third-order valence-corrected chi connectivity index (χ3v) is 6.69. The van der Waals surface area contributed by atoms with Crippen LogP contribution in [0.1, 0.15) is 24.0 Å². The quantitative estimate of drug-likeness (QED) is 0.453. The second kappa shape index (κ2) is 9.15. The van der Waals surface area contributed by atoms with Crippen LogP contribution in [0, 0.1) is 5.41 Å². The van der Waals surface area contributed by atoms with Crippen molar-refractivity contribution in [2.75, 3.05) is 14.1 Å². The van der Waals surface area contributed by atoms with E-state index in [2.05, 4.69) is 13.2 Å². The smallest absolute Gasteiger partial charge is 0.303 e. The molecule has 196 valence electrons. The molecule has 1 aliphatic rings. The number of carbonyl (C=O) groups is 3. The van der Waals surface area contributed by atoms with E-state index in [1.807, 2.05) is 0 Å². The molecule has 4 amide bonds. The lowest BCUT2D eigenvalue weighted by molar-refractivity contribution is -0.156. The van der Waals surface area contributed by atoms with Gasteiger partial charge in [0.15, 0.2) is 0 Å². The highest BCUT2D eigenvalue weighted by Gasteiger charge is 2.56. The summed E-state index contributed by atoms with van der Waals surface area (Å²) >= 11 is 0. The number of hydrogen-bond donors (Lipinski definition) is 0. The highest BCUT2D eigenvalue weighted by molar-refractivity contribution is 6.20. The van der Waals surface area contributed by atoms with Gasteiger partial charge >= 0.3 is 17.4 Å². The van der Waals surface area contributed by atoms with Crippen LogP contribution in [0.4, 0.5) is 4.79 Å². The van der Waals surface area contributed by atoms with E-state index in [0.29, 0.717) is 0 Å². The number of carbonyl (C=O) groups excluding carboxylic acids is 3. The molecular weight excluding hydrogens is 484 g/mol. The zero-order chi connectivity index (χ0) is 28.1. The predicted octanol–water partition coefficient (Wildman–Crippen LogP) is -0.975. The van der Waals surface area contributed by atoms with Gasteiger partial charge in [-0.2, -0.15) is 0 Å². The summed E-state index contributed by atoms with van der Waals surface area (Å²) in [5.74, 6) is -1.74. The van der Waals surface area contributed by atoms with E-state index in [4.69, 9.17) is 0 Å². The van der Waals surface area contributed by atoms with E-state index in [-0.39, 0.29) is 22.3 Å². The van der Waals surface area contributed by atoms with Gasteiger partial charge in [0.1, 0.15) is 5.41 Å².